The summed E-state index contributed by atoms with van der Waals surface area (Å²) >= 11 is 0. The Hall–Kier alpha value is -2.47. The van der Waals surface area contributed by atoms with E-state index in [2.05, 4.69) is 15.6 Å². The number of rotatable bonds is 5. The molecule has 0 bridgehead atoms. The molecule has 0 radical (unpaired) electrons. The molecule has 0 aliphatic carbocycles. The van der Waals surface area contributed by atoms with E-state index in [1.54, 1.807) is 12.1 Å². The first kappa shape index (κ1) is 17.4. The normalized spacial score (nSPS) is 16.5. The summed E-state index contributed by atoms with van der Waals surface area (Å²) in [5.41, 5.74) is 1.14. The predicted octanol–water partition coefficient (Wildman–Crippen LogP) is -2.11. The van der Waals surface area contributed by atoms with Gasteiger partial charge in [0, 0.05) is 5.56 Å². The molecule has 1 amide bonds. The van der Waals surface area contributed by atoms with Crippen LogP contribution in [0, 0.1) is 0 Å². The first-order chi connectivity index (χ1) is 12.0. The van der Waals surface area contributed by atoms with Gasteiger partial charge in [-0.05, 0) is 12.0 Å². The van der Waals surface area contributed by atoms with E-state index in [0.29, 0.717) is 11.3 Å². The van der Waals surface area contributed by atoms with Crippen molar-refractivity contribution >= 4 is 13.0 Å². The maximum absolute atomic E-state index is 12.1. The summed E-state index contributed by atoms with van der Waals surface area (Å²) in [5, 5.41) is 47.8. The standard InChI is InChI=1S/C14H17BN4O6/c20-7-9-5-19(18-17-9)6-12(21)16-11-4-8-2-1-3-10(14(22)23)13(8)25-15(11)24/h1-3,5,11,14,20,22-24H,4,6-7H2,(H,16,21)/t11-/m0/s1. The quantitative estimate of drug-likeness (QED) is 0.304. The van der Waals surface area contributed by atoms with Gasteiger partial charge in [-0.25, -0.2) is 4.68 Å². The number of nitrogens with one attached hydrogen (secondary N) is 1. The molecule has 1 aliphatic rings. The Kier molecular flexibility index (Phi) is 4.99. The summed E-state index contributed by atoms with van der Waals surface area (Å²) in [6, 6.07) is 4.84. The van der Waals surface area contributed by atoms with E-state index in [1.807, 2.05) is 0 Å². The van der Waals surface area contributed by atoms with Crippen molar-refractivity contribution in [2.24, 2.45) is 0 Å². The Balaban J connectivity index is 1.67. The van der Waals surface area contributed by atoms with Gasteiger partial charge in [0.15, 0.2) is 6.29 Å². The SMILES string of the molecule is O=C(Cn1cc(CO)nn1)N[C@H]1Cc2cccc(C(O)O)c2OB1O. The van der Waals surface area contributed by atoms with Gasteiger partial charge in [0.2, 0.25) is 5.91 Å². The fraction of sp³-hybridized carbons (Fsp3) is 0.357. The van der Waals surface area contributed by atoms with Gasteiger partial charge < -0.3 is 30.3 Å². The summed E-state index contributed by atoms with van der Waals surface area (Å²) in [7, 11) is -1.33. The fourth-order valence-corrected chi connectivity index (χ4v) is 2.66. The number of aliphatic hydroxyl groups is 3. The van der Waals surface area contributed by atoms with E-state index < -0.39 is 25.3 Å². The van der Waals surface area contributed by atoms with Gasteiger partial charge in [-0.15, -0.1) is 5.10 Å². The third-order valence-electron chi connectivity index (χ3n) is 3.83. The van der Waals surface area contributed by atoms with Crippen molar-refractivity contribution < 1.29 is 29.8 Å². The Morgan fingerprint density at radius 3 is 2.96 bits per heavy atom. The van der Waals surface area contributed by atoms with Crippen molar-refractivity contribution in [3.8, 4) is 5.75 Å². The lowest BCUT2D eigenvalue weighted by Crippen LogP contribution is -2.53. The smallest absolute Gasteiger partial charge is 0.534 e. The van der Waals surface area contributed by atoms with Crippen LogP contribution in [0.3, 0.4) is 0 Å². The molecule has 1 atom stereocenters. The lowest BCUT2D eigenvalue weighted by molar-refractivity contribution is -0.122. The van der Waals surface area contributed by atoms with Gasteiger partial charge >= 0.3 is 7.12 Å². The summed E-state index contributed by atoms with van der Waals surface area (Å²) in [6.07, 6.45) is -0.0130. The molecule has 2 heterocycles. The number of nitrogens with zero attached hydrogens (tertiary/aromatic N) is 3. The molecule has 1 aromatic heterocycles. The molecule has 0 saturated carbocycles. The van der Waals surface area contributed by atoms with Gasteiger partial charge in [0.25, 0.3) is 0 Å². The lowest BCUT2D eigenvalue weighted by Gasteiger charge is -2.29. The second kappa shape index (κ2) is 7.19. The summed E-state index contributed by atoms with van der Waals surface area (Å²) < 4.78 is 6.63. The zero-order chi connectivity index (χ0) is 18.0. The van der Waals surface area contributed by atoms with Crippen LogP contribution in [0.2, 0.25) is 0 Å². The highest BCUT2D eigenvalue weighted by molar-refractivity contribution is 6.46. The maximum Gasteiger partial charge on any atom is 0.547 e. The third-order valence-corrected chi connectivity index (χ3v) is 3.83. The topological polar surface area (TPSA) is 150 Å². The Morgan fingerprint density at radius 1 is 1.48 bits per heavy atom. The van der Waals surface area contributed by atoms with Crippen molar-refractivity contribution in [2.45, 2.75) is 31.8 Å². The van der Waals surface area contributed by atoms with Crippen LogP contribution in [-0.2, 0) is 24.4 Å². The molecule has 1 aliphatic heterocycles. The molecule has 2 aromatic rings. The second-order valence-corrected chi connectivity index (χ2v) is 5.66. The fourth-order valence-electron chi connectivity index (χ4n) is 2.66. The van der Waals surface area contributed by atoms with E-state index in [1.165, 1.54) is 16.9 Å². The van der Waals surface area contributed by atoms with Crippen molar-refractivity contribution in [1.29, 1.82) is 0 Å². The van der Waals surface area contributed by atoms with E-state index in [9.17, 15) is 20.0 Å². The lowest BCUT2D eigenvalue weighted by atomic mass is 9.72. The van der Waals surface area contributed by atoms with Gasteiger partial charge in [-0.1, -0.05) is 23.4 Å². The summed E-state index contributed by atoms with van der Waals surface area (Å²) in [4.78, 5) is 12.1. The number of carbonyl (C=O) groups excluding carboxylic acids is 1. The number of aromatic nitrogens is 3. The van der Waals surface area contributed by atoms with Crippen LogP contribution in [0.25, 0.3) is 0 Å². The molecule has 25 heavy (non-hydrogen) atoms. The minimum absolute atomic E-state index is 0.127. The highest BCUT2D eigenvalue weighted by Gasteiger charge is 2.37. The molecule has 11 heteroatoms. The number of benzene rings is 1. The molecule has 132 valence electrons. The molecule has 3 rings (SSSR count). The minimum atomic E-state index is -1.72. The second-order valence-electron chi connectivity index (χ2n) is 5.66. The van der Waals surface area contributed by atoms with Gasteiger partial charge in [0.1, 0.15) is 18.0 Å². The van der Waals surface area contributed by atoms with Crippen LogP contribution in [-0.4, -0.2) is 54.3 Å². The highest BCUT2D eigenvalue weighted by atomic mass is 16.5. The largest absolute Gasteiger partial charge is 0.547 e. The predicted molar refractivity (Wildman–Crippen MR) is 83.8 cm³/mol. The minimum Gasteiger partial charge on any atom is -0.534 e. The van der Waals surface area contributed by atoms with Gasteiger partial charge in [-0.3, -0.25) is 4.79 Å². The average molecular weight is 348 g/mol. The highest BCUT2D eigenvalue weighted by Crippen LogP contribution is 2.32. The van der Waals surface area contributed by atoms with Crippen molar-refractivity contribution in [1.82, 2.24) is 20.3 Å². The van der Waals surface area contributed by atoms with E-state index >= 15 is 0 Å². The zero-order valence-electron chi connectivity index (χ0n) is 13.1. The van der Waals surface area contributed by atoms with E-state index in [-0.39, 0.29) is 30.9 Å². The van der Waals surface area contributed by atoms with Crippen LogP contribution in [0.5, 0.6) is 5.75 Å². The first-order valence-electron chi connectivity index (χ1n) is 7.60. The Morgan fingerprint density at radius 2 is 2.28 bits per heavy atom. The monoisotopic (exact) mass is 348 g/mol. The van der Waals surface area contributed by atoms with Crippen LogP contribution in [0.15, 0.2) is 24.4 Å². The van der Waals surface area contributed by atoms with Crippen molar-refractivity contribution in [3.63, 3.8) is 0 Å². The molecular formula is C14H17BN4O6. The number of aliphatic hydroxyl groups excluding tert-OH is 2. The van der Waals surface area contributed by atoms with Crippen LogP contribution in [0.4, 0.5) is 0 Å². The average Bonchev–Trinajstić information content (AvgIpc) is 3.02. The number of hydrogen-bond donors (Lipinski definition) is 5. The van der Waals surface area contributed by atoms with Crippen LogP contribution >= 0.6 is 0 Å². The van der Waals surface area contributed by atoms with Crippen molar-refractivity contribution in [2.75, 3.05) is 0 Å². The van der Waals surface area contributed by atoms with E-state index in [0.717, 1.165) is 0 Å². The molecule has 5 N–H and O–H groups in total. The van der Waals surface area contributed by atoms with Crippen LogP contribution < -0.4 is 9.97 Å². The van der Waals surface area contributed by atoms with Gasteiger partial charge in [0.05, 0.1) is 18.7 Å². The Bertz CT molecular complexity index is 768. The molecule has 10 nitrogen and oxygen atoms in total. The van der Waals surface area contributed by atoms with Crippen LogP contribution in [0.1, 0.15) is 23.1 Å². The summed E-state index contributed by atoms with van der Waals surface area (Å²) in [6.45, 7) is -0.398. The number of fused-ring (bicyclic) bond motifs is 1. The molecular weight excluding hydrogens is 331 g/mol. The van der Waals surface area contributed by atoms with Crippen molar-refractivity contribution in [3.05, 3.63) is 41.2 Å². The third kappa shape index (κ3) is 3.79. The number of amides is 1. The number of hydrogen-bond acceptors (Lipinski definition) is 8. The molecule has 0 saturated heterocycles. The molecule has 0 spiro atoms. The number of para-hydroxylation sites is 1. The molecule has 0 fully saturated rings. The molecule has 1 aromatic carbocycles. The zero-order valence-corrected chi connectivity index (χ0v) is 13.1. The first-order valence-corrected chi connectivity index (χ1v) is 7.60. The maximum atomic E-state index is 12.1. The Labute approximate surface area is 142 Å². The number of carbonyl (C=O) groups is 1. The molecule has 0 unspecified atom stereocenters. The van der Waals surface area contributed by atoms with Gasteiger partial charge in [-0.2, -0.15) is 0 Å². The summed E-state index contributed by atoms with van der Waals surface area (Å²) in [5.74, 6) is -0.907. The van der Waals surface area contributed by atoms with E-state index in [4.69, 9.17) is 9.76 Å².